The second-order valence-corrected chi connectivity index (χ2v) is 14.6. The molecule has 5 N–H and O–H groups in total. The van der Waals surface area contributed by atoms with E-state index in [2.05, 4.69) is 12.2 Å². The second kappa shape index (κ2) is 18.1. The third kappa shape index (κ3) is 9.67. The number of halogens is 3. The van der Waals surface area contributed by atoms with Crippen LogP contribution >= 0.6 is 34.8 Å². The Balaban J connectivity index is 0.000000213. The first-order valence-electron chi connectivity index (χ1n) is 17.6. The standard InChI is InChI=1S/C23H16O6.C18H25Cl3N3O2/c24-20-16(14-7-3-1-5-12(14)9-18(20)22(26)27)11-17-15-8-4-2-6-13(15)10-19(21(17)25)23(28)29;1-14(3-2-10-24(26,11-7-19)12-8-20)22-17-6-9-23(25)18-13-15(21)4-5-16(17)18/h1-10,24-25H,11H2,(H,26,27)(H,28,29);4-6,9,13-14,18,22H,2-3,7-8,10-12H2,1H3/q;+1. The maximum absolute atomic E-state index is 12.6. The Hall–Kier alpha value is -4.91. The molecule has 4 aromatic rings. The SMILES string of the molecule is CC(CCC[N+]([O-])(CCCl)CCCl)NC1=C2C=CC(Cl)=CC2[N+](=O)C=C1.O=C(O)c1cc2ccccc2c(Cc2c(O)c(C(=O)O)cc3ccccc23)c1O. The van der Waals surface area contributed by atoms with Crippen LogP contribution in [0.15, 0.2) is 107 Å². The van der Waals surface area contributed by atoms with Crippen molar-refractivity contribution in [3.05, 3.63) is 140 Å². The van der Waals surface area contributed by atoms with Gasteiger partial charge in [-0.3, -0.25) is 0 Å². The quantitative estimate of drug-likeness (QED) is 0.0363. The first-order chi connectivity index (χ1) is 26.3. The summed E-state index contributed by atoms with van der Waals surface area (Å²) >= 11 is 17.5. The minimum atomic E-state index is -1.28. The number of carbonyl (C=O) groups is 2. The smallest absolute Gasteiger partial charge is 0.339 e. The van der Waals surface area contributed by atoms with Crippen LogP contribution in [0.25, 0.3) is 21.5 Å². The summed E-state index contributed by atoms with van der Waals surface area (Å²) in [6.07, 6.45) is 10.2. The molecule has 0 aromatic heterocycles. The number of allylic oxidation sites excluding steroid dienone is 3. The average Bonchev–Trinajstić information content (AvgIpc) is 3.14. The van der Waals surface area contributed by atoms with E-state index in [1.165, 1.54) is 18.3 Å². The summed E-state index contributed by atoms with van der Waals surface area (Å²) < 4.78 is 0.547. The van der Waals surface area contributed by atoms with Crippen molar-refractivity contribution in [1.29, 1.82) is 0 Å². The minimum absolute atomic E-state index is 0.0407. The minimum Gasteiger partial charge on any atom is -0.633 e. The number of carboxylic acids is 2. The van der Waals surface area contributed by atoms with Gasteiger partial charge in [-0.25, -0.2) is 9.59 Å². The zero-order valence-electron chi connectivity index (χ0n) is 29.9. The molecule has 11 nitrogen and oxygen atoms in total. The fraction of sp³-hybridized carbons (Fsp3) is 0.268. The fourth-order valence-electron chi connectivity index (χ4n) is 6.84. The summed E-state index contributed by atoms with van der Waals surface area (Å²) in [7, 11) is 0. The molecule has 288 valence electrons. The third-order valence-corrected chi connectivity index (χ3v) is 10.3. The summed E-state index contributed by atoms with van der Waals surface area (Å²) in [5.41, 5.74) is 1.92. The van der Waals surface area contributed by atoms with E-state index in [1.807, 2.05) is 6.08 Å². The molecule has 0 saturated carbocycles. The molecule has 0 bridgehead atoms. The molecule has 1 aliphatic carbocycles. The molecule has 55 heavy (non-hydrogen) atoms. The van der Waals surface area contributed by atoms with Crippen molar-refractivity contribution in [2.24, 2.45) is 0 Å². The maximum atomic E-state index is 12.6. The molecule has 6 rings (SSSR count). The number of nitrogens with one attached hydrogen (secondary N) is 1. The number of hydroxylamine groups is 3. The Morgan fingerprint density at radius 3 is 1.89 bits per heavy atom. The van der Waals surface area contributed by atoms with Crippen LogP contribution in [0.2, 0.25) is 0 Å². The van der Waals surface area contributed by atoms with Crippen LogP contribution in [-0.4, -0.2) is 85.2 Å². The molecule has 0 saturated heterocycles. The number of nitroso groups, excluding NO2 is 1. The predicted molar refractivity (Wildman–Crippen MR) is 216 cm³/mol. The second-order valence-electron chi connectivity index (χ2n) is 13.4. The lowest BCUT2D eigenvalue weighted by molar-refractivity contribution is -0.876. The van der Waals surface area contributed by atoms with Crippen molar-refractivity contribution < 1.29 is 39.4 Å². The van der Waals surface area contributed by atoms with Crippen molar-refractivity contribution in [2.75, 3.05) is 31.4 Å². The monoisotopic (exact) mass is 808 g/mol. The molecule has 1 heterocycles. The van der Waals surface area contributed by atoms with Crippen molar-refractivity contribution >= 4 is 68.3 Å². The number of quaternary nitrogens is 1. The van der Waals surface area contributed by atoms with E-state index in [9.17, 15) is 40.1 Å². The first kappa shape index (κ1) is 41.3. The van der Waals surface area contributed by atoms with Gasteiger partial charge in [0.15, 0.2) is 0 Å². The lowest BCUT2D eigenvalue weighted by Crippen LogP contribution is -2.46. The maximum Gasteiger partial charge on any atom is 0.339 e. The molecule has 2 aliphatic rings. The average molecular weight is 810 g/mol. The van der Waals surface area contributed by atoms with Gasteiger partial charge in [0.05, 0.1) is 42.7 Å². The normalized spacial score (nSPS) is 15.7. The zero-order chi connectivity index (χ0) is 39.9. The van der Waals surface area contributed by atoms with Crippen LogP contribution < -0.4 is 5.32 Å². The van der Waals surface area contributed by atoms with Crippen molar-refractivity contribution in [3.8, 4) is 11.5 Å². The van der Waals surface area contributed by atoms with Gasteiger partial charge in [0.25, 0.3) is 6.04 Å². The van der Waals surface area contributed by atoms with Gasteiger partial charge in [0.1, 0.15) is 22.6 Å². The summed E-state index contributed by atoms with van der Waals surface area (Å²) in [5.74, 6) is -2.68. The Morgan fingerprint density at radius 2 is 1.38 bits per heavy atom. The van der Waals surface area contributed by atoms with Crippen LogP contribution in [0.3, 0.4) is 0 Å². The van der Waals surface area contributed by atoms with Gasteiger partial charge < -0.3 is 35.6 Å². The van der Waals surface area contributed by atoms with E-state index in [-0.39, 0.29) is 28.2 Å². The lowest BCUT2D eigenvalue weighted by Gasteiger charge is -2.42. The number of aromatic hydroxyl groups is 2. The van der Waals surface area contributed by atoms with Crippen molar-refractivity contribution in [3.63, 3.8) is 0 Å². The summed E-state index contributed by atoms with van der Waals surface area (Å²) in [5, 5.41) is 59.4. The molecule has 2 unspecified atom stereocenters. The molecular weight excluding hydrogens is 769 g/mol. The number of phenols is 2. The number of benzene rings is 4. The molecule has 4 aromatic carbocycles. The van der Waals surface area contributed by atoms with Crippen molar-refractivity contribution in [1.82, 2.24) is 5.32 Å². The number of nitrogens with zero attached hydrogens (tertiary/aromatic N) is 2. The summed E-state index contributed by atoms with van der Waals surface area (Å²) in [6.45, 7) is 3.33. The summed E-state index contributed by atoms with van der Waals surface area (Å²) in [4.78, 5) is 35.2. The van der Waals surface area contributed by atoms with E-state index in [0.717, 1.165) is 28.9 Å². The molecule has 0 fully saturated rings. The fourth-order valence-corrected chi connectivity index (χ4v) is 7.64. The number of rotatable bonds is 14. The van der Waals surface area contributed by atoms with E-state index in [1.54, 1.807) is 66.8 Å². The molecule has 0 spiro atoms. The highest BCUT2D eigenvalue weighted by atomic mass is 35.5. The Bertz CT molecular complexity index is 2140. The van der Waals surface area contributed by atoms with Gasteiger partial charge in [-0.05, 0) is 65.6 Å². The number of hydrogen-bond acceptors (Lipinski definition) is 7. The van der Waals surface area contributed by atoms with E-state index >= 15 is 0 Å². The summed E-state index contributed by atoms with van der Waals surface area (Å²) in [6, 6.07) is 16.5. The number of carboxylic acid groups (broad SMARTS) is 2. The topological polar surface area (TPSA) is 170 Å². The number of aromatic carboxylic acids is 2. The van der Waals surface area contributed by atoms with Gasteiger partial charge in [0, 0.05) is 50.4 Å². The molecule has 14 heteroatoms. The van der Waals surface area contributed by atoms with Crippen LogP contribution in [0, 0.1) is 10.1 Å². The molecule has 1 aliphatic heterocycles. The lowest BCUT2D eigenvalue weighted by atomic mass is 9.90. The van der Waals surface area contributed by atoms with E-state index < -0.39 is 29.5 Å². The van der Waals surface area contributed by atoms with Crippen LogP contribution in [0.1, 0.15) is 51.6 Å². The van der Waals surface area contributed by atoms with Crippen molar-refractivity contribution in [2.45, 2.75) is 38.3 Å². The number of hydrogen-bond donors (Lipinski definition) is 5. The van der Waals surface area contributed by atoms with Gasteiger partial charge >= 0.3 is 11.9 Å². The van der Waals surface area contributed by atoms with Gasteiger partial charge in [-0.1, -0.05) is 60.1 Å². The molecule has 2 atom stereocenters. The Morgan fingerprint density at radius 1 is 0.855 bits per heavy atom. The highest BCUT2D eigenvalue weighted by Gasteiger charge is 2.33. The first-order valence-corrected chi connectivity index (χ1v) is 19.0. The Kier molecular flexibility index (Phi) is 13.6. The zero-order valence-corrected chi connectivity index (χ0v) is 32.2. The predicted octanol–water partition coefficient (Wildman–Crippen LogP) is 8.55. The van der Waals surface area contributed by atoms with E-state index in [4.69, 9.17) is 34.8 Å². The van der Waals surface area contributed by atoms with Crippen LogP contribution in [0.4, 0.5) is 0 Å². The van der Waals surface area contributed by atoms with Crippen LogP contribution in [0.5, 0.6) is 11.5 Å². The molecule has 0 amide bonds. The highest BCUT2D eigenvalue weighted by molar-refractivity contribution is 6.31. The third-order valence-electron chi connectivity index (χ3n) is 9.69. The van der Waals surface area contributed by atoms with E-state index in [0.29, 0.717) is 69.1 Å². The largest absolute Gasteiger partial charge is 0.633 e. The van der Waals surface area contributed by atoms with Crippen LogP contribution in [-0.2, 0) is 6.42 Å². The Labute approximate surface area is 332 Å². The van der Waals surface area contributed by atoms with Gasteiger partial charge in [-0.15, -0.1) is 23.2 Å². The molecular formula is C41H41Cl3N3O8+. The highest BCUT2D eigenvalue weighted by Crippen LogP contribution is 2.39. The van der Waals surface area contributed by atoms with Gasteiger partial charge in [-0.2, -0.15) is 0 Å². The number of alkyl halides is 2. The number of fused-ring (bicyclic) bond motifs is 3. The molecule has 0 radical (unpaired) electrons. The van der Waals surface area contributed by atoms with Gasteiger partial charge in [0.2, 0.25) is 6.20 Å².